The van der Waals surface area contributed by atoms with Gasteiger partial charge in [0.2, 0.25) is 0 Å². The van der Waals surface area contributed by atoms with Crippen molar-refractivity contribution in [2.24, 2.45) is 0 Å². The zero-order valence-electron chi connectivity index (χ0n) is 5.27. The SMILES string of the molecule is O=c1cc(S)[nH]cc1[N+](=O)[O-]. The summed E-state index contributed by atoms with van der Waals surface area (Å²) in [5.74, 6) is 0. The molecule has 1 N–H and O–H groups in total. The molecule has 1 aromatic heterocycles. The summed E-state index contributed by atoms with van der Waals surface area (Å²) in [6.07, 6.45) is 1.02. The van der Waals surface area contributed by atoms with Crippen LogP contribution in [0.5, 0.6) is 0 Å². The summed E-state index contributed by atoms with van der Waals surface area (Å²) >= 11 is 3.79. The normalized spacial score (nSPS) is 9.55. The van der Waals surface area contributed by atoms with Gasteiger partial charge in [-0.1, -0.05) is 0 Å². The number of nitrogens with zero attached hydrogens (tertiary/aromatic N) is 1. The molecule has 0 aliphatic carbocycles. The molecule has 1 aromatic rings. The van der Waals surface area contributed by atoms with Crippen molar-refractivity contribution in [3.63, 3.8) is 0 Å². The minimum absolute atomic E-state index is 0.306. The largest absolute Gasteiger partial charge is 0.351 e. The van der Waals surface area contributed by atoms with Crippen molar-refractivity contribution in [3.8, 4) is 0 Å². The van der Waals surface area contributed by atoms with Crippen LogP contribution in [0.4, 0.5) is 5.69 Å². The van der Waals surface area contributed by atoms with Crippen molar-refractivity contribution in [1.82, 2.24) is 4.98 Å². The zero-order valence-corrected chi connectivity index (χ0v) is 6.17. The minimum Gasteiger partial charge on any atom is -0.351 e. The zero-order chi connectivity index (χ0) is 8.43. The van der Waals surface area contributed by atoms with Crippen molar-refractivity contribution < 1.29 is 4.92 Å². The highest BCUT2D eigenvalue weighted by Gasteiger charge is 2.09. The van der Waals surface area contributed by atoms with Crippen LogP contribution in [0.1, 0.15) is 0 Å². The van der Waals surface area contributed by atoms with Crippen LogP contribution in [0.2, 0.25) is 0 Å². The topological polar surface area (TPSA) is 76.0 Å². The van der Waals surface area contributed by atoms with Gasteiger partial charge in [-0.15, -0.1) is 12.6 Å². The van der Waals surface area contributed by atoms with Gasteiger partial charge in [0.25, 0.3) is 5.43 Å². The number of aromatic nitrogens is 1. The van der Waals surface area contributed by atoms with E-state index in [9.17, 15) is 14.9 Å². The average molecular weight is 172 g/mol. The molecular formula is C5H4N2O3S. The number of thiol groups is 1. The Labute approximate surface area is 66.6 Å². The molecule has 0 amide bonds. The molecular weight excluding hydrogens is 168 g/mol. The maximum absolute atomic E-state index is 10.8. The van der Waals surface area contributed by atoms with Crippen LogP contribution in [-0.2, 0) is 0 Å². The number of nitrogens with one attached hydrogen (secondary N) is 1. The third-order valence-electron chi connectivity index (χ3n) is 1.07. The van der Waals surface area contributed by atoms with Gasteiger partial charge in [-0.2, -0.15) is 0 Å². The molecule has 0 aliphatic heterocycles. The summed E-state index contributed by atoms with van der Waals surface area (Å²) in [6, 6.07) is 1.06. The Balaban J connectivity index is 3.32. The van der Waals surface area contributed by atoms with E-state index in [1.165, 1.54) is 0 Å². The molecule has 11 heavy (non-hydrogen) atoms. The van der Waals surface area contributed by atoms with E-state index in [2.05, 4.69) is 17.6 Å². The number of hydrogen-bond acceptors (Lipinski definition) is 4. The van der Waals surface area contributed by atoms with Crippen LogP contribution in [-0.4, -0.2) is 9.91 Å². The molecule has 0 atom stereocenters. The number of pyridine rings is 1. The van der Waals surface area contributed by atoms with Gasteiger partial charge in [-0.05, 0) is 0 Å². The standard InChI is InChI=1S/C5H4N2O3S/c8-4-1-5(11)6-2-3(4)7(9)10/h1-2H,(H2,6,8,11). The first-order valence-electron chi connectivity index (χ1n) is 2.67. The van der Waals surface area contributed by atoms with Crippen LogP contribution in [0.25, 0.3) is 0 Å². The Morgan fingerprint density at radius 2 is 2.27 bits per heavy atom. The number of nitro groups is 1. The molecule has 0 spiro atoms. The maximum Gasteiger partial charge on any atom is 0.332 e. The Morgan fingerprint density at radius 1 is 1.64 bits per heavy atom. The van der Waals surface area contributed by atoms with Gasteiger partial charge in [0.05, 0.1) is 16.1 Å². The quantitative estimate of drug-likeness (QED) is 0.369. The first kappa shape index (κ1) is 7.80. The van der Waals surface area contributed by atoms with Gasteiger partial charge in [-0.3, -0.25) is 14.9 Å². The summed E-state index contributed by atoms with van der Waals surface area (Å²) in [5.41, 5.74) is -1.11. The second-order valence-corrected chi connectivity index (χ2v) is 2.31. The summed E-state index contributed by atoms with van der Waals surface area (Å²) in [4.78, 5) is 22.6. The van der Waals surface area contributed by atoms with Gasteiger partial charge in [0, 0.05) is 6.07 Å². The fourth-order valence-electron chi connectivity index (χ4n) is 0.596. The van der Waals surface area contributed by atoms with Gasteiger partial charge in [0.15, 0.2) is 0 Å². The molecule has 0 bridgehead atoms. The van der Waals surface area contributed by atoms with Gasteiger partial charge < -0.3 is 4.98 Å². The number of hydrogen-bond donors (Lipinski definition) is 2. The molecule has 0 aliphatic rings. The lowest BCUT2D eigenvalue weighted by molar-refractivity contribution is -0.386. The fraction of sp³-hybridized carbons (Fsp3) is 0. The predicted molar refractivity (Wildman–Crippen MR) is 41.0 cm³/mol. The third-order valence-corrected chi connectivity index (χ3v) is 1.33. The van der Waals surface area contributed by atoms with Crippen LogP contribution in [0.15, 0.2) is 22.1 Å². The Kier molecular flexibility index (Phi) is 1.95. The van der Waals surface area contributed by atoms with Gasteiger partial charge >= 0.3 is 5.69 Å². The summed E-state index contributed by atoms with van der Waals surface area (Å²) < 4.78 is 0. The molecule has 6 heteroatoms. The lowest BCUT2D eigenvalue weighted by Gasteiger charge is -1.90. The van der Waals surface area contributed by atoms with E-state index in [0.717, 1.165) is 12.3 Å². The second-order valence-electron chi connectivity index (χ2n) is 1.82. The lowest BCUT2D eigenvalue weighted by atomic mass is 10.4. The molecule has 0 saturated heterocycles. The van der Waals surface area contributed by atoms with E-state index < -0.39 is 16.0 Å². The summed E-state index contributed by atoms with van der Waals surface area (Å²) in [7, 11) is 0. The summed E-state index contributed by atoms with van der Waals surface area (Å²) in [6.45, 7) is 0. The van der Waals surface area contributed by atoms with Gasteiger partial charge in [0.1, 0.15) is 0 Å². The number of rotatable bonds is 1. The van der Waals surface area contributed by atoms with Crippen molar-refractivity contribution in [3.05, 3.63) is 32.6 Å². The molecule has 1 heterocycles. The van der Waals surface area contributed by atoms with Crippen LogP contribution < -0.4 is 5.43 Å². The first-order chi connectivity index (χ1) is 5.11. The molecule has 0 unspecified atom stereocenters. The Hall–Kier alpha value is -1.30. The molecule has 0 radical (unpaired) electrons. The third kappa shape index (κ3) is 1.58. The van der Waals surface area contributed by atoms with E-state index in [4.69, 9.17) is 0 Å². The van der Waals surface area contributed by atoms with Crippen molar-refractivity contribution in [1.29, 1.82) is 0 Å². The smallest absolute Gasteiger partial charge is 0.332 e. The van der Waals surface area contributed by atoms with E-state index in [1.54, 1.807) is 0 Å². The van der Waals surface area contributed by atoms with Crippen LogP contribution >= 0.6 is 12.6 Å². The fourth-order valence-corrected chi connectivity index (χ4v) is 0.778. The first-order valence-corrected chi connectivity index (χ1v) is 3.12. The van der Waals surface area contributed by atoms with E-state index >= 15 is 0 Å². The highest BCUT2D eigenvalue weighted by atomic mass is 32.1. The van der Waals surface area contributed by atoms with Crippen molar-refractivity contribution >= 4 is 18.3 Å². The van der Waals surface area contributed by atoms with E-state index in [-0.39, 0.29) is 0 Å². The molecule has 0 fully saturated rings. The molecule has 0 saturated carbocycles. The van der Waals surface area contributed by atoms with Crippen molar-refractivity contribution in [2.45, 2.75) is 5.03 Å². The predicted octanol–water partition coefficient (Wildman–Crippen LogP) is 0.572. The Morgan fingerprint density at radius 3 is 2.73 bits per heavy atom. The molecule has 5 nitrogen and oxygen atoms in total. The van der Waals surface area contributed by atoms with Crippen LogP contribution in [0.3, 0.4) is 0 Å². The monoisotopic (exact) mass is 172 g/mol. The van der Waals surface area contributed by atoms with Crippen molar-refractivity contribution in [2.75, 3.05) is 0 Å². The van der Waals surface area contributed by atoms with E-state index in [0.29, 0.717) is 5.03 Å². The average Bonchev–Trinajstić information content (AvgIpc) is 1.85. The number of aromatic amines is 1. The highest BCUT2D eigenvalue weighted by molar-refractivity contribution is 7.80. The molecule has 0 aromatic carbocycles. The summed E-state index contributed by atoms with van der Waals surface area (Å²) in [5, 5.41) is 10.4. The van der Waals surface area contributed by atoms with E-state index in [1.807, 2.05) is 0 Å². The maximum atomic E-state index is 10.8. The second kappa shape index (κ2) is 2.75. The van der Waals surface area contributed by atoms with Crippen LogP contribution in [0, 0.1) is 10.1 Å². The molecule has 58 valence electrons. The minimum atomic E-state index is -0.744. The molecule has 1 rings (SSSR count). The van der Waals surface area contributed by atoms with Gasteiger partial charge in [-0.25, -0.2) is 0 Å². The lowest BCUT2D eigenvalue weighted by Crippen LogP contribution is -2.06. The Bertz CT molecular complexity index is 346. The number of H-pyrrole nitrogens is 1. The highest BCUT2D eigenvalue weighted by Crippen LogP contribution is 2.03.